The van der Waals surface area contributed by atoms with Crippen LogP contribution in [0.2, 0.25) is 0 Å². The van der Waals surface area contributed by atoms with E-state index >= 15 is 0 Å². The first-order valence-corrected chi connectivity index (χ1v) is 7.21. The van der Waals surface area contributed by atoms with E-state index in [0.717, 1.165) is 30.3 Å². The topological polar surface area (TPSA) is 63.2 Å². The van der Waals surface area contributed by atoms with Crippen molar-refractivity contribution in [1.29, 1.82) is 0 Å². The minimum absolute atomic E-state index is 0.489. The van der Waals surface area contributed by atoms with Crippen LogP contribution in [0.25, 0.3) is 0 Å². The number of ether oxygens (including phenoxy) is 1. The van der Waals surface area contributed by atoms with Crippen molar-refractivity contribution in [2.45, 2.75) is 20.8 Å². The molecule has 0 unspecified atom stereocenters. The highest BCUT2D eigenvalue weighted by molar-refractivity contribution is 5.55. The minimum Gasteiger partial charge on any atom is -0.494 e. The zero-order valence-electron chi connectivity index (χ0n) is 12.7. The van der Waals surface area contributed by atoms with Gasteiger partial charge in [0.2, 0.25) is 5.95 Å². The summed E-state index contributed by atoms with van der Waals surface area (Å²) in [4.78, 5) is 6.60. The molecule has 112 valence electrons. The van der Waals surface area contributed by atoms with Gasteiger partial charge in [-0.05, 0) is 45.0 Å². The zero-order valence-corrected chi connectivity index (χ0v) is 12.7. The molecule has 0 amide bonds. The van der Waals surface area contributed by atoms with Crippen LogP contribution >= 0.6 is 0 Å². The van der Waals surface area contributed by atoms with E-state index in [2.05, 4.69) is 39.2 Å². The average Bonchev–Trinajstić information content (AvgIpc) is 2.51. The van der Waals surface area contributed by atoms with Gasteiger partial charge in [-0.25, -0.2) is 0 Å². The van der Waals surface area contributed by atoms with Crippen molar-refractivity contribution in [1.82, 2.24) is 15.2 Å². The largest absolute Gasteiger partial charge is 0.494 e. The Balaban J connectivity index is 2.10. The molecule has 0 fully saturated rings. The molecule has 2 aromatic rings. The lowest BCUT2D eigenvalue weighted by Crippen LogP contribution is -2.23. The van der Waals surface area contributed by atoms with Crippen LogP contribution in [0.1, 0.15) is 20.8 Å². The third-order valence-corrected chi connectivity index (χ3v) is 3.06. The normalized spacial score (nSPS) is 10.2. The van der Waals surface area contributed by atoms with Gasteiger partial charge in [0.05, 0.1) is 12.8 Å². The van der Waals surface area contributed by atoms with E-state index in [1.807, 2.05) is 31.2 Å². The van der Waals surface area contributed by atoms with Crippen LogP contribution in [0.3, 0.4) is 0 Å². The third-order valence-electron chi connectivity index (χ3n) is 3.06. The highest BCUT2D eigenvalue weighted by atomic mass is 16.5. The fourth-order valence-electron chi connectivity index (χ4n) is 1.98. The summed E-state index contributed by atoms with van der Waals surface area (Å²) in [7, 11) is 0. The Morgan fingerprint density at radius 1 is 1.10 bits per heavy atom. The zero-order chi connectivity index (χ0) is 15.1. The number of hydrogen-bond donors (Lipinski definition) is 1. The highest BCUT2D eigenvalue weighted by Gasteiger charge is 2.06. The summed E-state index contributed by atoms with van der Waals surface area (Å²) in [6.45, 7) is 8.57. The minimum atomic E-state index is 0.489. The van der Waals surface area contributed by atoms with Crippen molar-refractivity contribution in [2.24, 2.45) is 0 Å². The summed E-state index contributed by atoms with van der Waals surface area (Å²) < 4.78 is 5.41. The van der Waals surface area contributed by atoms with Gasteiger partial charge in [-0.15, -0.1) is 5.10 Å². The van der Waals surface area contributed by atoms with Crippen LogP contribution in [-0.4, -0.2) is 34.9 Å². The Morgan fingerprint density at radius 2 is 1.81 bits per heavy atom. The van der Waals surface area contributed by atoms with E-state index in [-0.39, 0.29) is 0 Å². The molecule has 0 spiro atoms. The summed E-state index contributed by atoms with van der Waals surface area (Å²) in [6, 6.07) is 7.68. The van der Waals surface area contributed by atoms with Crippen molar-refractivity contribution in [3.63, 3.8) is 0 Å². The van der Waals surface area contributed by atoms with Crippen molar-refractivity contribution in [2.75, 3.05) is 29.9 Å². The van der Waals surface area contributed by atoms with Crippen LogP contribution in [0.15, 0.2) is 30.5 Å². The fraction of sp³-hybridized carbons (Fsp3) is 0.400. The van der Waals surface area contributed by atoms with Gasteiger partial charge in [0.25, 0.3) is 0 Å². The Kier molecular flexibility index (Phi) is 5.31. The number of rotatable bonds is 7. The molecule has 0 radical (unpaired) electrons. The van der Waals surface area contributed by atoms with Crippen molar-refractivity contribution >= 4 is 17.5 Å². The standard InChI is InChI=1S/C15H21N5O/c1-4-20(5-2)14-11-16-19-15(18-14)17-12-7-9-13(10-8-12)21-6-3/h7-11H,4-6H2,1-3H3,(H,17,18,19). The molecule has 0 aliphatic heterocycles. The van der Waals surface area contributed by atoms with E-state index in [4.69, 9.17) is 4.74 Å². The first-order chi connectivity index (χ1) is 10.3. The molecule has 6 heteroatoms. The molecule has 0 atom stereocenters. The predicted octanol–water partition coefficient (Wildman–Crippen LogP) is 2.86. The Bertz CT molecular complexity index is 554. The maximum absolute atomic E-state index is 5.41. The monoisotopic (exact) mass is 287 g/mol. The second kappa shape index (κ2) is 7.42. The third kappa shape index (κ3) is 4.05. The second-order valence-electron chi connectivity index (χ2n) is 4.39. The van der Waals surface area contributed by atoms with Gasteiger partial charge in [-0.2, -0.15) is 10.1 Å². The molecule has 21 heavy (non-hydrogen) atoms. The van der Waals surface area contributed by atoms with E-state index < -0.39 is 0 Å². The molecular weight excluding hydrogens is 266 g/mol. The molecular formula is C15H21N5O. The van der Waals surface area contributed by atoms with Crippen LogP contribution in [-0.2, 0) is 0 Å². The van der Waals surface area contributed by atoms with Gasteiger partial charge in [0.1, 0.15) is 5.75 Å². The maximum Gasteiger partial charge on any atom is 0.249 e. The van der Waals surface area contributed by atoms with Crippen LogP contribution in [0.5, 0.6) is 5.75 Å². The maximum atomic E-state index is 5.41. The summed E-state index contributed by atoms with van der Waals surface area (Å²) in [5.41, 5.74) is 0.900. The number of benzene rings is 1. The van der Waals surface area contributed by atoms with E-state index in [1.54, 1.807) is 6.20 Å². The highest BCUT2D eigenvalue weighted by Crippen LogP contribution is 2.19. The van der Waals surface area contributed by atoms with Crippen LogP contribution in [0.4, 0.5) is 17.5 Å². The molecule has 1 heterocycles. The Hall–Kier alpha value is -2.37. The van der Waals surface area contributed by atoms with E-state index in [1.165, 1.54) is 0 Å². The number of aromatic nitrogens is 3. The number of hydrogen-bond acceptors (Lipinski definition) is 6. The summed E-state index contributed by atoms with van der Waals surface area (Å²) in [5, 5.41) is 11.2. The first-order valence-electron chi connectivity index (χ1n) is 7.21. The lowest BCUT2D eigenvalue weighted by molar-refractivity contribution is 0.340. The summed E-state index contributed by atoms with van der Waals surface area (Å²) >= 11 is 0. The Labute approximate surface area is 125 Å². The van der Waals surface area contributed by atoms with Gasteiger partial charge in [-0.3, -0.25) is 0 Å². The molecule has 1 aromatic carbocycles. The van der Waals surface area contributed by atoms with Gasteiger partial charge < -0.3 is 15.0 Å². The van der Waals surface area contributed by atoms with Gasteiger partial charge in [-0.1, -0.05) is 0 Å². The van der Waals surface area contributed by atoms with Crippen molar-refractivity contribution in [3.8, 4) is 5.75 Å². The van der Waals surface area contributed by atoms with Gasteiger partial charge >= 0.3 is 0 Å². The molecule has 6 nitrogen and oxygen atoms in total. The summed E-state index contributed by atoms with van der Waals surface area (Å²) in [6.07, 6.45) is 1.68. The molecule has 0 saturated carbocycles. The molecule has 1 aromatic heterocycles. The quantitative estimate of drug-likeness (QED) is 0.845. The lowest BCUT2D eigenvalue weighted by Gasteiger charge is -2.19. The molecule has 0 aliphatic carbocycles. The SMILES string of the molecule is CCOc1ccc(Nc2nncc(N(CC)CC)n2)cc1. The fourth-order valence-corrected chi connectivity index (χ4v) is 1.98. The number of anilines is 3. The van der Waals surface area contributed by atoms with Gasteiger partial charge in [0.15, 0.2) is 5.82 Å². The molecule has 0 aliphatic rings. The number of nitrogens with one attached hydrogen (secondary N) is 1. The van der Waals surface area contributed by atoms with E-state index in [9.17, 15) is 0 Å². The van der Waals surface area contributed by atoms with Crippen molar-refractivity contribution < 1.29 is 4.74 Å². The first kappa shape index (κ1) is 15.0. The predicted molar refractivity (Wildman–Crippen MR) is 84.3 cm³/mol. The molecule has 0 bridgehead atoms. The summed E-state index contributed by atoms with van der Waals surface area (Å²) in [5.74, 6) is 2.16. The van der Waals surface area contributed by atoms with E-state index in [0.29, 0.717) is 12.6 Å². The Morgan fingerprint density at radius 3 is 2.43 bits per heavy atom. The molecule has 1 N–H and O–H groups in total. The smallest absolute Gasteiger partial charge is 0.249 e. The molecule has 2 rings (SSSR count). The average molecular weight is 287 g/mol. The van der Waals surface area contributed by atoms with Gasteiger partial charge in [0, 0.05) is 18.8 Å². The van der Waals surface area contributed by atoms with Crippen LogP contribution < -0.4 is 15.0 Å². The molecule has 0 saturated heterocycles. The van der Waals surface area contributed by atoms with Crippen LogP contribution in [0, 0.1) is 0 Å². The van der Waals surface area contributed by atoms with Crippen molar-refractivity contribution in [3.05, 3.63) is 30.5 Å². The lowest BCUT2D eigenvalue weighted by atomic mass is 10.3. The second-order valence-corrected chi connectivity index (χ2v) is 4.39. The number of nitrogens with zero attached hydrogens (tertiary/aromatic N) is 4.